The minimum Gasteiger partial charge on any atom is -0.456 e. The average Bonchev–Trinajstić information content (AvgIpc) is 3.23. The van der Waals surface area contributed by atoms with Crippen molar-refractivity contribution in [3.63, 3.8) is 0 Å². The summed E-state index contributed by atoms with van der Waals surface area (Å²) in [6.07, 6.45) is 0.641. The lowest BCUT2D eigenvalue weighted by Gasteiger charge is -2.10. The number of hydrogen-bond donors (Lipinski definition) is 3. The Morgan fingerprint density at radius 1 is 0.964 bits per heavy atom. The first-order valence-corrected chi connectivity index (χ1v) is 9.08. The van der Waals surface area contributed by atoms with Crippen molar-refractivity contribution in [3.8, 4) is 0 Å². The SMILES string of the molecule is Cc1cc(C)c(Cc2ccc(C(=O)Nc3ccc4[nH]c(=O)[nH]c4c3)o2)c(C)c1. The number of rotatable bonds is 4. The van der Waals surface area contributed by atoms with Gasteiger partial charge < -0.3 is 19.7 Å². The van der Waals surface area contributed by atoms with E-state index in [1.807, 2.05) is 6.07 Å². The van der Waals surface area contributed by atoms with Gasteiger partial charge in [-0.1, -0.05) is 17.7 Å². The second-order valence-corrected chi connectivity index (χ2v) is 7.11. The van der Waals surface area contributed by atoms with Gasteiger partial charge in [-0.3, -0.25) is 4.79 Å². The van der Waals surface area contributed by atoms with Gasteiger partial charge in [0.1, 0.15) is 5.76 Å². The molecule has 0 spiro atoms. The van der Waals surface area contributed by atoms with Crippen LogP contribution in [0.25, 0.3) is 11.0 Å². The van der Waals surface area contributed by atoms with Crippen molar-refractivity contribution in [2.45, 2.75) is 27.2 Å². The first-order chi connectivity index (χ1) is 13.4. The standard InChI is InChI=1S/C22H21N3O3/c1-12-8-13(2)17(14(3)9-12)11-16-5-7-20(28-16)21(26)23-15-4-6-18-19(10-15)25-22(27)24-18/h4-10H,11H2,1-3H3,(H,23,26)(H2,24,25,27). The normalized spacial score (nSPS) is 11.1. The summed E-state index contributed by atoms with van der Waals surface area (Å²) >= 11 is 0. The summed E-state index contributed by atoms with van der Waals surface area (Å²) in [6.45, 7) is 6.26. The topological polar surface area (TPSA) is 90.9 Å². The maximum Gasteiger partial charge on any atom is 0.323 e. The van der Waals surface area contributed by atoms with E-state index in [4.69, 9.17) is 4.42 Å². The predicted octanol–water partition coefficient (Wildman–Crippen LogP) is 4.22. The highest BCUT2D eigenvalue weighted by Crippen LogP contribution is 2.22. The number of fused-ring (bicyclic) bond motifs is 1. The number of carbonyl (C=O) groups excluding carboxylic acids is 1. The van der Waals surface area contributed by atoms with Crippen LogP contribution >= 0.6 is 0 Å². The van der Waals surface area contributed by atoms with Gasteiger partial charge in [-0.25, -0.2) is 4.79 Å². The summed E-state index contributed by atoms with van der Waals surface area (Å²) < 4.78 is 5.78. The minimum absolute atomic E-state index is 0.250. The fourth-order valence-corrected chi connectivity index (χ4v) is 3.56. The predicted molar refractivity (Wildman–Crippen MR) is 109 cm³/mol. The molecule has 4 rings (SSSR count). The van der Waals surface area contributed by atoms with E-state index < -0.39 is 0 Å². The van der Waals surface area contributed by atoms with Gasteiger partial charge in [0, 0.05) is 12.1 Å². The van der Waals surface area contributed by atoms with Crippen LogP contribution in [0.4, 0.5) is 5.69 Å². The van der Waals surface area contributed by atoms with Gasteiger partial charge in [-0.05, 0) is 67.8 Å². The van der Waals surface area contributed by atoms with E-state index in [1.165, 1.54) is 22.3 Å². The number of anilines is 1. The number of furan rings is 1. The number of carbonyl (C=O) groups is 1. The Hall–Kier alpha value is -3.54. The van der Waals surface area contributed by atoms with Crippen LogP contribution < -0.4 is 11.0 Å². The van der Waals surface area contributed by atoms with Crippen LogP contribution in [0.15, 0.2) is 51.7 Å². The molecule has 0 aliphatic rings. The first-order valence-electron chi connectivity index (χ1n) is 9.08. The smallest absolute Gasteiger partial charge is 0.323 e. The third-order valence-electron chi connectivity index (χ3n) is 4.85. The van der Waals surface area contributed by atoms with Gasteiger partial charge in [0.2, 0.25) is 0 Å². The van der Waals surface area contributed by atoms with Crippen LogP contribution in [0.3, 0.4) is 0 Å². The molecule has 0 radical (unpaired) electrons. The van der Waals surface area contributed by atoms with Gasteiger partial charge in [-0.15, -0.1) is 0 Å². The van der Waals surface area contributed by atoms with Crippen molar-refractivity contribution < 1.29 is 9.21 Å². The largest absolute Gasteiger partial charge is 0.456 e. The monoisotopic (exact) mass is 375 g/mol. The van der Waals surface area contributed by atoms with Gasteiger partial charge in [0.15, 0.2) is 5.76 Å². The van der Waals surface area contributed by atoms with Crippen molar-refractivity contribution in [3.05, 3.63) is 86.7 Å². The van der Waals surface area contributed by atoms with E-state index in [-0.39, 0.29) is 17.4 Å². The van der Waals surface area contributed by atoms with E-state index in [1.54, 1.807) is 24.3 Å². The van der Waals surface area contributed by atoms with E-state index in [9.17, 15) is 9.59 Å². The lowest BCUT2D eigenvalue weighted by molar-refractivity contribution is 0.0995. The number of aryl methyl sites for hydroxylation is 3. The molecule has 2 heterocycles. The van der Waals surface area contributed by atoms with Crippen molar-refractivity contribution >= 4 is 22.6 Å². The molecule has 0 unspecified atom stereocenters. The summed E-state index contributed by atoms with van der Waals surface area (Å²) in [7, 11) is 0. The summed E-state index contributed by atoms with van der Waals surface area (Å²) in [4.78, 5) is 29.2. The Kier molecular flexibility index (Phi) is 4.39. The number of aromatic nitrogens is 2. The van der Waals surface area contributed by atoms with E-state index in [0.717, 1.165) is 5.76 Å². The molecule has 142 valence electrons. The maximum atomic E-state index is 12.5. The Bertz CT molecular complexity index is 1220. The van der Waals surface area contributed by atoms with Crippen molar-refractivity contribution in [1.82, 2.24) is 9.97 Å². The highest BCUT2D eigenvalue weighted by Gasteiger charge is 2.14. The molecule has 0 atom stereocenters. The zero-order valence-electron chi connectivity index (χ0n) is 16.0. The molecule has 1 amide bonds. The van der Waals surface area contributed by atoms with Gasteiger partial charge in [0.05, 0.1) is 11.0 Å². The summed E-state index contributed by atoms with van der Waals surface area (Å²) in [5, 5.41) is 2.80. The van der Waals surface area contributed by atoms with Crippen molar-refractivity contribution in [2.75, 3.05) is 5.32 Å². The molecule has 4 aromatic rings. The lowest BCUT2D eigenvalue weighted by Crippen LogP contribution is -2.10. The van der Waals surface area contributed by atoms with Crippen molar-refractivity contribution in [2.24, 2.45) is 0 Å². The van der Waals surface area contributed by atoms with Gasteiger partial charge in [0.25, 0.3) is 5.91 Å². The minimum atomic E-state index is -0.333. The fraction of sp³-hybridized carbons (Fsp3) is 0.182. The molecule has 0 bridgehead atoms. The van der Waals surface area contributed by atoms with Gasteiger partial charge >= 0.3 is 5.69 Å². The zero-order valence-corrected chi connectivity index (χ0v) is 16.0. The second kappa shape index (κ2) is 6.88. The van der Waals surface area contributed by atoms with Crippen LogP contribution in [0.5, 0.6) is 0 Å². The molecule has 2 aromatic heterocycles. The van der Waals surface area contributed by atoms with Crippen LogP contribution in [0.1, 0.15) is 38.6 Å². The molecule has 0 saturated heterocycles. The number of aromatic amines is 2. The van der Waals surface area contributed by atoms with Crippen LogP contribution in [-0.2, 0) is 6.42 Å². The second-order valence-electron chi connectivity index (χ2n) is 7.11. The highest BCUT2D eigenvalue weighted by molar-refractivity contribution is 6.03. The average molecular weight is 375 g/mol. The lowest BCUT2D eigenvalue weighted by atomic mass is 9.97. The van der Waals surface area contributed by atoms with E-state index in [2.05, 4.69) is 48.2 Å². The summed E-state index contributed by atoms with van der Waals surface area (Å²) in [5.41, 5.74) is 6.50. The van der Waals surface area contributed by atoms with Crippen LogP contribution in [-0.4, -0.2) is 15.9 Å². The highest BCUT2D eigenvalue weighted by atomic mass is 16.3. The summed E-state index contributed by atoms with van der Waals surface area (Å²) in [6, 6.07) is 13.0. The zero-order chi connectivity index (χ0) is 19.8. The Balaban J connectivity index is 1.51. The number of amides is 1. The third kappa shape index (κ3) is 3.49. The number of imidazole rings is 1. The van der Waals surface area contributed by atoms with Gasteiger partial charge in [-0.2, -0.15) is 0 Å². The van der Waals surface area contributed by atoms with Crippen molar-refractivity contribution in [1.29, 1.82) is 0 Å². The Morgan fingerprint density at radius 3 is 2.43 bits per heavy atom. The molecule has 6 heteroatoms. The summed E-state index contributed by atoms with van der Waals surface area (Å²) in [5.74, 6) is 0.659. The van der Waals surface area contributed by atoms with Crippen LogP contribution in [0, 0.1) is 20.8 Å². The molecule has 0 fully saturated rings. The molecule has 3 N–H and O–H groups in total. The number of benzene rings is 2. The molecule has 0 saturated carbocycles. The molecular weight excluding hydrogens is 354 g/mol. The van der Waals surface area contributed by atoms with E-state index in [0.29, 0.717) is 23.1 Å². The molecule has 28 heavy (non-hydrogen) atoms. The molecule has 0 aliphatic carbocycles. The number of hydrogen-bond acceptors (Lipinski definition) is 3. The maximum absolute atomic E-state index is 12.5. The Morgan fingerprint density at radius 2 is 1.68 bits per heavy atom. The molecular formula is C22H21N3O3. The third-order valence-corrected chi connectivity index (χ3v) is 4.85. The quantitative estimate of drug-likeness (QED) is 0.499. The fourth-order valence-electron chi connectivity index (χ4n) is 3.56. The van der Waals surface area contributed by atoms with E-state index >= 15 is 0 Å². The first kappa shape index (κ1) is 17.9. The molecule has 0 aliphatic heterocycles. The number of nitrogens with one attached hydrogen (secondary N) is 3. The number of H-pyrrole nitrogens is 2. The molecule has 2 aromatic carbocycles. The Labute approximate surface area is 161 Å². The molecule has 6 nitrogen and oxygen atoms in total. The van der Waals surface area contributed by atoms with Crippen LogP contribution in [0.2, 0.25) is 0 Å².